The minimum Gasteiger partial charge on any atom is -0.480 e. The number of carbonyl (C=O) groups is 1. The van der Waals surface area contributed by atoms with Crippen LogP contribution in [0.4, 0.5) is 0 Å². The highest BCUT2D eigenvalue weighted by atomic mass is 16.5. The fraction of sp³-hybridized carbons (Fsp3) is 0.308. The fourth-order valence-corrected chi connectivity index (χ4v) is 1.40. The van der Waals surface area contributed by atoms with Crippen LogP contribution in [0.5, 0.6) is 5.75 Å². The molecule has 1 aromatic carbocycles. The topological polar surface area (TPSA) is 77.1 Å². The number of likely N-dealkylation sites (N-methyl/N-ethyl adjacent to an activating group) is 1. The Morgan fingerprint density at radius 2 is 2.11 bits per heavy atom. The van der Waals surface area contributed by atoms with Gasteiger partial charge in [0.05, 0.1) is 11.6 Å². The van der Waals surface area contributed by atoms with Gasteiger partial charge in [-0.05, 0) is 19.1 Å². The summed E-state index contributed by atoms with van der Waals surface area (Å²) in [6.07, 6.45) is -0.738. The molecule has 0 saturated carbocycles. The van der Waals surface area contributed by atoms with E-state index in [2.05, 4.69) is 0 Å². The van der Waals surface area contributed by atoms with E-state index >= 15 is 0 Å². The molecule has 92 valence electrons. The third-order valence-corrected chi connectivity index (χ3v) is 2.34. The number of rotatable bonds is 4. The second-order valence-corrected chi connectivity index (χ2v) is 3.72. The maximum absolute atomic E-state index is 11.8. The Balaban J connectivity index is 2.76. The Hall–Kier alpha value is -2.53. The molecule has 18 heavy (non-hydrogen) atoms. The molecular weight excluding hydrogens is 230 g/mol. The van der Waals surface area contributed by atoms with Crippen molar-refractivity contribution in [1.29, 1.82) is 10.5 Å². The molecule has 0 radical (unpaired) electrons. The monoisotopic (exact) mass is 243 g/mol. The number of carbonyl (C=O) groups excluding carboxylic acids is 1. The molecule has 0 aliphatic carbocycles. The van der Waals surface area contributed by atoms with Gasteiger partial charge in [-0.3, -0.25) is 4.79 Å². The number of hydrogen-bond donors (Lipinski definition) is 0. The standard InChI is InChI=1S/C13H13N3O2/c1-10(13(17)16(2)8-7-14)18-12-6-4-3-5-11(12)9-15/h3-6,10H,8H2,1-2H3/t10-/m1/s1. The van der Waals surface area contributed by atoms with E-state index in [4.69, 9.17) is 15.3 Å². The van der Waals surface area contributed by atoms with Crippen LogP contribution in [0.2, 0.25) is 0 Å². The van der Waals surface area contributed by atoms with E-state index in [1.165, 1.54) is 11.9 Å². The molecule has 1 aromatic rings. The van der Waals surface area contributed by atoms with Crippen molar-refractivity contribution < 1.29 is 9.53 Å². The first-order chi connectivity index (χ1) is 8.60. The van der Waals surface area contributed by atoms with Gasteiger partial charge in [-0.25, -0.2) is 0 Å². The quantitative estimate of drug-likeness (QED) is 0.747. The molecule has 0 heterocycles. The first kappa shape index (κ1) is 13.5. The molecule has 0 unspecified atom stereocenters. The highest BCUT2D eigenvalue weighted by Crippen LogP contribution is 2.18. The smallest absolute Gasteiger partial charge is 0.263 e. The maximum Gasteiger partial charge on any atom is 0.263 e. The zero-order valence-corrected chi connectivity index (χ0v) is 10.3. The maximum atomic E-state index is 11.8. The summed E-state index contributed by atoms with van der Waals surface area (Å²) < 4.78 is 5.44. The van der Waals surface area contributed by atoms with E-state index in [-0.39, 0.29) is 12.5 Å². The van der Waals surface area contributed by atoms with Crippen molar-refractivity contribution in [2.24, 2.45) is 0 Å². The molecule has 1 atom stereocenters. The number of nitrogens with zero attached hydrogens (tertiary/aromatic N) is 3. The molecule has 0 N–H and O–H groups in total. The van der Waals surface area contributed by atoms with E-state index in [1.54, 1.807) is 31.2 Å². The molecule has 5 heteroatoms. The number of amides is 1. The lowest BCUT2D eigenvalue weighted by molar-refractivity contribution is -0.136. The first-order valence-corrected chi connectivity index (χ1v) is 5.38. The molecule has 0 aromatic heterocycles. The van der Waals surface area contributed by atoms with Crippen LogP contribution in [0.3, 0.4) is 0 Å². The lowest BCUT2D eigenvalue weighted by atomic mass is 10.2. The molecule has 0 aliphatic heterocycles. The van der Waals surface area contributed by atoms with Gasteiger partial charge in [0.15, 0.2) is 6.10 Å². The molecule has 0 saturated heterocycles. The van der Waals surface area contributed by atoms with Gasteiger partial charge in [0.25, 0.3) is 5.91 Å². The predicted octanol–water partition coefficient (Wildman–Crippen LogP) is 1.31. The lowest BCUT2D eigenvalue weighted by Gasteiger charge is -2.20. The lowest BCUT2D eigenvalue weighted by Crippen LogP contribution is -2.38. The molecule has 0 fully saturated rings. The summed E-state index contributed by atoms with van der Waals surface area (Å²) in [5.74, 6) is 0.0653. The Morgan fingerprint density at radius 3 is 2.72 bits per heavy atom. The van der Waals surface area contributed by atoms with Gasteiger partial charge in [0.1, 0.15) is 18.4 Å². The molecule has 0 spiro atoms. The predicted molar refractivity (Wildman–Crippen MR) is 64.5 cm³/mol. The van der Waals surface area contributed by atoms with Crippen molar-refractivity contribution >= 4 is 5.91 Å². The minimum absolute atomic E-state index is 0.00638. The van der Waals surface area contributed by atoms with Crippen molar-refractivity contribution in [1.82, 2.24) is 4.90 Å². The van der Waals surface area contributed by atoms with E-state index in [0.29, 0.717) is 11.3 Å². The van der Waals surface area contributed by atoms with E-state index in [9.17, 15) is 4.79 Å². The van der Waals surface area contributed by atoms with Crippen molar-refractivity contribution in [3.63, 3.8) is 0 Å². The van der Waals surface area contributed by atoms with Crippen LogP contribution in [-0.4, -0.2) is 30.5 Å². The van der Waals surface area contributed by atoms with Gasteiger partial charge in [0.2, 0.25) is 0 Å². The molecule has 1 amide bonds. The van der Waals surface area contributed by atoms with Crippen molar-refractivity contribution in [3.05, 3.63) is 29.8 Å². The van der Waals surface area contributed by atoms with E-state index in [1.807, 2.05) is 12.1 Å². The SMILES string of the molecule is C[C@@H](Oc1ccccc1C#N)C(=O)N(C)CC#N. The van der Waals surface area contributed by atoms with Crippen molar-refractivity contribution in [2.75, 3.05) is 13.6 Å². The molecule has 0 bridgehead atoms. The minimum atomic E-state index is -0.738. The van der Waals surface area contributed by atoms with Crippen LogP contribution in [-0.2, 0) is 4.79 Å². The van der Waals surface area contributed by atoms with Crippen molar-refractivity contribution in [3.8, 4) is 17.9 Å². The average molecular weight is 243 g/mol. The Bertz CT molecular complexity index is 514. The summed E-state index contributed by atoms with van der Waals surface area (Å²) in [5.41, 5.74) is 0.375. The number of benzene rings is 1. The zero-order valence-electron chi connectivity index (χ0n) is 10.3. The summed E-state index contributed by atoms with van der Waals surface area (Å²) >= 11 is 0. The summed E-state index contributed by atoms with van der Waals surface area (Å²) in [6, 6.07) is 10.6. The van der Waals surface area contributed by atoms with Crippen LogP contribution in [0, 0.1) is 22.7 Å². The molecule has 0 aliphatic rings. The summed E-state index contributed by atoms with van der Waals surface area (Å²) in [5, 5.41) is 17.4. The number of para-hydroxylation sites is 1. The normalized spacial score (nSPS) is 10.9. The highest BCUT2D eigenvalue weighted by Gasteiger charge is 2.19. The number of nitriles is 2. The Morgan fingerprint density at radius 1 is 1.44 bits per heavy atom. The van der Waals surface area contributed by atoms with Crippen LogP contribution < -0.4 is 4.74 Å². The average Bonchev–Trinajstić information content (AvgIpc) is 2.38. The zero-order chi connectivity index (χ0) is 13.5. The third kappa shape index (κ3) is 3.23. The van der Waals surface area contributed by atoms with Gasteiger partial charge in [-0.15, -0.1) is 0 Å². The highest BCUT2D eigenvalue weighted by molar-refractivity contribution is 5.80. The second kappa shape index (κ2) is 6.27. The van der Waals surface area contributed by atoms with Gasteiger partial charge >= 0.3 is 0 Å². The van der Waals surface area contributed by atoms with E-state index in [0.717, 1.165) is 0 Å². The molecule has 5 nitrogen and oxygen atoms in total. The number of hydrogen-bond acceptors (Lipinski definition) is 4. The van der Waals surface area contributed by atoms with Gasteiger partial charge in [-0.1, -0.05) is 12.1 Å². The van der Waals surface area contributed by atoms with Crippen LogP contribution in [0.1, 0.15) is 12.5 Å². The molecular formula is C13H13N3O2. The van der Waals surface area contributed by atoms with Crippen molar-refractivity contribution in [2.45, 2.75) is 13.0 Å². The van der Waals surface area contributed by atoms with Gasteiger partial charge in [0, 0.05) is 7.05 Å². The summed E-state index contributed by atoms with van der Waals surface area (Å²) in [6.45, 7) is 1.59. The van der Waals surface area contributed by atoms with Gasteiger partial charge < -0.3 is 9.64 Å². The van der Waals surface area contributed by atoms with Crippen LogP contribution >= 0.6 is 0 Å². The van der Waals surface area contributed by atoms with E-state index < -0.39 is 6.10 Å². The Labute approximate surface area is 106 Å². The number of ether oxygens (including phenoxy) is 1. The first-order valence-electron chi connectivity index (χ1n) is 5.38. The molecule has 1 rings (SSSR count). The summed E-state index contributed by atoms with van der Waals surface area (Å²) in [4.78, 5) is 13.1. The van der Waals surface area contributed by atoms with Gasteiger partial charge in [-0.2, -0.15) is 10.5 Å². The summed E-state index contributed by atoms with van der Waals surface area (Å²) in [7, 11) is 1.53. The Kier molecular flexibility index (Phi) is 4.71. The van der Waals surface area contributed by atoms with Crippen LogP contribution in [0.15, 0.2) is 24.3 Å². The largest absolute Gasteiger partial charge is 0.480 e. The van der Waals surface area contributed by atoms with Crippen LogP contribution in [0.25, 0.3) is 0 Å². The third-order valence-electron chi connectivity index (χ3n) is 2.34. The fourth-order valence-electron chi connectivity index (χ4n) is 1.40. The second-order valence-electron chi connectivity index (χ2n) is 3.72.